The Hall–Kier alpha value is -0.950. The zero-order chi connectivity index (χ0) is 16.6. The summed E-state index contributed by atoms with van der Waals surface area (Å²) in [5.74, 6) is -6.56. The lowest BCUT2D eigenvalue weighted by atomic mass is 9.42. The number of carboxylic acid groups (broad SMARTS) is 1. The maximum atomic E-state index is 14.4. The topological polar surface area (TPSA) is 37.3 Å². The molecule has 3 unspecified atom stereocenters. The third-order valence-corrected chi connectivity index (χ3v) is 5.83. The van der Waals surface area contributed by atoms with Crippen LogP contribution >= 0.6 is 0 Å². The van der Waals surface area contributed by atoms with E-state index < -0.39 is 41.5 Å². The van der Waals surface area contributed by atoms with E-state index in [-0.39, 0.29) is 37.5 Å². The number of aliphatic carboxylic acids is 1. The van der Waals surface area contributed by atoms with Crippen molar-refractivity contribution in [2.45, 2.75) is 56.8 Å². The Kier molecular flexibility index (Phi) is 3.13. The van der Waals surface area contributed by atoms with Gasteiger partial charge >= 0.3 is 12.1 Å². The molecule has 0 saturated heterocycles. The van der Waals surface area contributed by atoms with E-state index in [1.165, 1.54) is 0 Å². The molecule has 0 amide bonds. The summed E-state index contributed by atoms with van der Waals surface area (Å²) in [6, 6.07) is 0. The van der Waals surface area contributed by atoms with E-state index >= 15 is 0 Å². The van der Waals surface area contributed by atoms with E-state index in [0.29, 0.717) is 6.42 Å². The molecule has 1 N–H and O–H groups in total. The molecule has 2 nitrogen and oxygen atoms in total. The van der Waals surface area contributed by atoms with E-state index in [1.54, 1.807) is 0 Å². The van der Waals surface area contributed by atoms with Gasteiger partial charge in [0.05, 0.1) is 5.41 Å². The fourth-order valence-corrected chi connectivity index (χ4v) is 5.38. The number of carbonyl (C=O) groups is 1. The summed E-state index contributed by atoms with van der Waals surface area (Å²) >= 11 is 0. The van der Waals surface area contributed by atoms with Crippen molar-refractivity contribution in [3.05, 3.63) is 0 Å². The van der Waals surface area contributed by atoms with Gasteiger partial charge in [0.25, 0.3) is 12.1 Å². The number of hydrogen-bond donors (Lipinski definition) is 1. The molecule has 0 heterocycles. The van der Waals surface area contributed by atoms with E-state index in [9.17, 15) is 36.2 Å². The van der Waals surface area contributed by atoms with Crippen molar-refractivity contribution in [1.29, 1.82) is 0 Å². The van der Waals surface area contributed by atoms with Crippen LogP contribution in [0.2, 0.25) is 0 Å². The first-order valence-electron chi connectivity index (χ1n) is 7.24. The number of carboxylic acids is 1. The highest BCUT2D eigenvalue weighted by Gasteiger charge is 2.73. The molecule has 0 aromatic rings. The predicted octanol–water partition coefficient (Wildman–Crippen LogP) is 4.19. The Balaban J connectivity index is 2.01. The first-order valence-corrected chi connectivity index (χ1v) is 7.24. The number of alkyl halides is 6. The molecule has 8 heteroatoms. The molecule has 4 aliphatic carbocycles. The van der Waals surface area contributed by atoms with Crippen molar-refractivity contribution in [2.75, 3.05) is 0 Å². The zero-order valence-electron chi connectivity index (χ0n) is 11.6. The smallest absolute Gasteiger partial charge is 0.425 e. The summed E-state index contributed by atoms with van der Waals surface area (Å²) in [7, 11) is 0. The van der Waals surface area contributed by atoms with E-state index in [4.69, 9.17) is 0 Å². The quantitative estimate of drug-likeness (QED) is 0.788. The molecule has 126 valence electrons. The summed E-state index contributed by atoms with van der Waals surface area (Å²) in [5, 5.41) is 9.40. The first-order chi connectivity index (χ1) is 9.92. The summed E-state index contributed by atoms with van der Waals surface area (Å²) in [6.07, 6.45) is -9.93. The average molecular weight is 330 g/mol. The second-order valence-electron chi connectivity index (χ2n) is 7.35. The highest BCUT2D eigenvalue weighted by molar-refractivity contribution is 5.75. The number of rotatable bonds is 3. The standard InChI is InChI=1S/C14H16F6O2/c15-9(14(18,19)20)13(16,17)12-4-7-1-8(5-12)3-11(2-7,6-12)10(21)22/h7-9H,1-6H2,(H,21,22). The molecule has 4 fully saturated rings. The SMILES string of the molecule is O=C(O)C12CC3CC(C1)CC(C(F)(F)C(F)C(F)(F)F)(C3)C2. The van der Waals surface area contributed by atoms with E-state index in [2.05, 4.69) is 0 Å². The van der Waals surface area contributed by atoms with Crippen molar-refractivity contribution >= 4 is 5.97 Å². The second kappa shape index (κ2) is 4.32. The van der Waals surface area contributed by atoms with Crippen molar-refractivity contribution in [1.82, 2.24) is 0 Å². The Bertz CT molecular complexity index is 486. The molecular formula is C14H16F6O2. The van der Waals surface area contributed by atoms with Gasteiger partial charge < -0.3 is 5.11 Å². The third kappa shape index (κ3) is 1.98. The van der Waals surface area contributed by atoms with Crippen molar-refractivity contribution < 1.29 is 36.2 Å². The minimum Gasteiger partial charge on any atom is -0.481 e. The van der Waals surface area contributed by atoms with Crippen molar-refractivity contribution in [3.63, 3.8) is 0 Å². The predicted molar refractivity (Wildman–Crippen MR) is 63.1 cm³/mol. The molecule has 4 bridgehead atoms. The monoisotopic (exact) mass is 330 g/mol. The van der Waals surface area contributed by atoms with E-state index in [0.717, 1.165) is 0 Å². The Morgan fingerprint density at radius 2 is 1.55 bits per heavy atom. The minimum atomic E-state index is -5.65. The number of halogens is 6. The molecule has 4 saturated carbocycles. The molecule has 0 aliphatic heterocycles. The van der Waals surface area contributed by atoms with Crippen LogP contribution in [0.4, 0.5) is 26.3 Å². The summed E-state index contributed by atoms with van der Waals surface area (Å²) < 4.78 is 79.8. The van der Waals surface area contributed by atoms with Gasteiger partial charge in [0.2, 0.25) is 0 Å². The Morgan fingerprint density at radius 1 is 1.05 bits per heavy atom. The average Bonchev–Trinajstić information content (AvgIpc) is 2.34. The molecular weight excluding hydrogens is 314 g/mol. The van der Waals surface area contributed by atoms with Crippen LogP contribution in [0.3, 0.4) is 0 Å². The summed E-state index contributed by atoms with van der Waals surface area (Å²) in [6.45, 7) is 0. The molecule has 3 atom stereocenters. The fourth-order valence-electron chi connectivity index (χ4n) is 5.38. The fraction of sp³-hybridized carbons (Fsp3) is 0.929. The van der Waals surface area contributed by atoms with Gasteiger partial charge in [-0.25, -0.2) is 13.2 Å². The minimum absolute atomic E-state index is 0.208. The van der Waals surface area contributed by atoms with Gasteiger partial charge in [-0.05, 0) is 50.4 Å². The maximum Gasteiger partial charge on any atom is 0.425 e. The zero-order valence-corrected chi connectivity index (χ0v) is 11.6. The maximum absolute atomic E-state index is 14.4. The summed E-state index contributed by atoms with van der Waals surface area (Å²) in [5.41, 5.74) is -3.61. The molecule has 0 radical (unpaired) electrons. The van der Waals surface area contributed by atoms with Crippen LogP contribution in [0.1, 0.15) is 38.5 Å². The van der Waals surface area contributed by atoms with Gasteiger partial charge in [-0.15, -0.1) is 0 Å². The summed E-state index contributed by atoms with van der Waals surface area (Å²) in [4.78, 5) is 11.5. The first kappa shape index (κ1) is 15.9. The Morgan fingerprint density at radius 3 is 1.95 bits per heavy atom. The lowest BCUT2D eigenvalue weighted by Gasteiger charge is -2.62. The highest BCUT2D eigenvalue weighted by Crippen LogP contribution is 2.70. The van der Waals surface area contributed by atoms with Gasteiger partial charge in [0.15, 0.2) is 0 Å². The lowest BCUT2D eigenvalue weighted by molar-refractivity contribution is -0.306. The van der Waals surface area contributed by atoms with Crippen molar-refractivity contribution in [3.8, 4) is 0 Å². The second-order valence-corrected chi connectivity index (χ2v) is 7.35. The molecule has 0 spiro atoms. The molecule has 22 heavy (non-hydrogen) atoms. The van der Waals surface area contributed by atoms with Crippen molar-refractivity contribution in [2.24, 2.45) is 22.7 Å². The normalized spacial score (nSPS) is 42.5. The van der Waals surface area contributed by atoms with E-state index in [1.807, 2.05) is 0 Å². The Labute approximate surface area is 122 Å². The van der Waals surface area contributed by atoms with Crippen LogP contribution in [0, 0.1) is 22.7 Å². The van der Waals surface area contributed by atoms with Crippen LogP contribution in [0.5, 0.6) is 0 Å². The highest BCUT2D eigenvalue weighted by atomic mass is 19.4. The molecule has 4 rings (SSSR count). The number of hydrogen-bond acceptors (Lipinski definition) is 1. The third-order valence-electron chi connectivity index (χ3n) is 5.83. The van der Waals surface area contributed by atoms with Crippen LogP contribution in [0.25, 0.3) is 0 Å². The molecule has 0 aromatic carbocycles. The molecule has 4 aliphatic rings. The lowest BCUT2D eigenvalue weighted by Crippen LogP contribution is -2.64. The molecule has 0 aromatic heterocycles. The van der Waals surface area contributed by atoms with Gasteiger partial charge in [0.1, 0.15) is 0 Å². The van der Waals surface area contributed by atoms with Crippen LogP contribution in [-0.4, -0.2) is 29.3 Å². The van der Waals surface area contributed by atoms with Crippen LogP contribution in [-0.2, 0) is 4.79 Å². The van der Waals surface area contributed by atoms with Gasteiger partial charge in [0, 0.05) is 5.41 Å². The van der Waals surface area contributed by atoms with Crippen LogP contribution in [0.15, 0.2) is 0 Å². The van der Waals surface area contributed by atoms with Gasteiger partial charge in [-0.2, -0.15) is 13.2 Å². The van der Waals surface area contributed by atoms with Gasteiger partial charge in [-0.3, -0.25) is 4.79 Å². The van der Waals surface area contributed by atoms with Crippen LogP contribution < -0.4 is 0 Å². The van der Waals surface area contributed by atoms with Gasteiger partial charge in [-0.1, -0.05) is 0 Å². The largest absolute Gasteiger partial charge is 0.481 e.